The summed E-state index contributed by atoms with van der Waals surface area (Å²) in [6.07, 6.45) is 0. The van der Waals surface area contributed by atoms with Gasteiger partial charge >= 0.3 is 5.97 Å². The molecule has 0 aliphatic carbocycles. The number of carbonyl (C=O) groups excluding carboxylic acids is 3. The van der Waals surface area contributed by atoms with Gasteiger partial charge in [-0.05, 0) is 12.1 Å². The number of para-hydroxylation sites is 1. The zero-order valence-corrected chi connectivity index (χ0v) is 16.5. The lowest BCUT2D eigenvalue weighted by molar-refractivity contribution is -0.136. The summed E-state index contributed by atoms with van der Waals surface area (Å²) in [5, 5.41) is 12.1. The highest BCUT2D eigenvalue weighted by Crippen LogP contribution is 2.26. The maximum Gasteiger partial charge on any atom is 0.337 e. The van der Waals surface area contributed by atoms with Crippen LogP contribution in [-0.2, 0) is 14.3 Å². The molecule has 28 heavy (non-hydrogen) atoms. The third kappa shape index (κ3) is 4.15. The first-order chi connectivity index (χ1) is 13.6. The number of aliphatic hydroxyl groups excluding tert-OH is 1. The van der Waals surface area contributed by atoms with Crippen molar-refractivity contribution >= 4 is 35.2 Å². The average molecular weight is 405 g/mol. The molecule has 8 nitrogen and oxygen atoms in total. The number of nitrogens with one attached hydrogen (secondary N) is 1. The highest BCUT2D eigenvalue weighted by atomic mass is 32.2. The summed E-state index contributed by atoms with van der Waals surface area (Å²) in [5.41, 5.74) is 1.16. The Hall–Kier alpha value is -2.52. The number of thioether (sulfide) groups is 1. The van der Waals surface area contributed by atoms with Crippen molar-refractivity contribution in [2.24, 2.45) is 0 Å². The number of benzene rings is 1. The van der Waals surface area contributed by atoms with Gasteiger partial charge in [-0.15, -0.1) is 0 Å². The number of esters is 1. The topological polar surface area (TPSA) is 99.2 Å². The van der Waals surface area contributed by atoms with E-state index in [1.54, 1.807) is 29.2 Å². The van der Waals surface area contributed by atoms with Gasteiger partial charge in [0, 0.05) is 31.1 Å². The van der Waals surface area contributed by atoms with Crippen LogP contribution in [0, 0.1) is 0 Å². The number of amides is 2. The first-order valence-corrected chi connectivity index (χ1v) is 10.2. The molecule has 3 rings (SSSR count). The molecule has 2 aliphatic heterocycles. The fourth-order valence-electron chi connectivity index (χ4n) is 3.20. The number of anilines is 1. The van der Waals surface area contributed by atoms with Gasteiger partial charge in [0.2, 0.25) is 0 Å². The lowest BCUT2D eigenvalue weighted by Gasteiger charge is -2.27. The van der Waals surface area contributed by atoms with Gasteiger partial charge in [-0.3, -0.25) is 9.59 Å². The summed E-state index contributed by atoms with van der Waals surface area (Å²) in [6.45, 7) is 1.30. The van der Waals surface area contributed by atoms with Gasteiger partial charge in [0.25, 0.3) is 11.8 Å². The van der Waals surface area contributed by atoms with Crippen LogP contribution >= 0.6 is 11.8 Å². The molecule has 0 unspecified atom stereocenters. The second kappa shape index (κ2) is 9.11. The molecule has 0 atom stereocenters. The fraction of sp³-hybridized carbons (Fsp3) is 0.421. The van der Waals surface area contributed by atoms with Crippen molar-refractivity contribution in [3.8, 4) is 0 Å². The van der Waals surface area contributed by atoms with Crippen molar-refractivity contribution in [3.05, 3.63) is 41.1 Å². The number of hydrogen-bond donors (Lipinski definition) is 2. The largest absolute Gasteiger partial charge is 0.466 e. The highest BCUT2D eigenvalue weighted by molar-refractivity contribution is 7.99. The quantitative estimate of drug-likeness (QED) is 0.667. The van der Waals surface area contributed by atoms with Crippen LogP contribution in [0.15, 0.2) is 35.5 Å². The summed E-state index contributed by atoms with van der Waals surface area (Å²) in [7, 11) is 1.25. The van der Waals surface area contributed by atoms with E-state index in [9.17, 15) is 14.4 Å². The predicted molar refractivity (Wildman–Crippen MR) is 106 cm³/mol. The predicted octanol–water partition coefficient (Wildman–Crippen LogP) is 0.549. The number of carbonyl (C=O) groups is 3. The van der Waals surface area contributed by atoms with Gasteiger partial charge in [-0.2, -0.15) is 11.8 Å². The standard InChI is InChI=1S/C19H23N3O5S/c1-27-19(26)14-12-22(6-9-23)18(25)16(14)20-15-5-3-2-4-13(15)17(24)21-7-10-28-11-8-21/h2-5,20,23H,6-12H2,1H3. The van der Waals surface area contributed by atoms with Gasteiger partial charge < -0.3 is 25.0 Å². The zero-order chi connectivity index (χ0) is 20.1. The minimum atomic E-state index is -0.617. The lowest BCUT2D eigenvalue weighted by Crippen LogP contribution is -2.38. The van der Waals surface area contributed by atoms with Crippen LogP contribution in [0.25, 0.3) is 0 Å². The van der Waals surface area contributed by atoms with E-state index in [0.717, 1.165) is 11.5 Å². The normalized spacial score (nSPS) is 17.1. The number of aliphatic hydroxyl groups is 1. The molecule has 9 heteroatoms. The Morgan fingerprint density at radius 1 is 1.25 bits per heavy atom. The first-order valence-electron chi connectivity index (χ1n) is 9.01. The summed E-state index contributed by atoms with van der Waals surface area (Å²) in [6, 6.07) is 6.93. The zero-order valence-electron chi connectivity index (χ0n) is 15.6. The number of β-amino-alcohol motifs (C(OH)–C–C–N with tert-alkyl or cyclic N) is 1. The minimum Gasteiger partial charge on any atom is -0.466 e. The van der Waals surface area contributed by atoms with E-state index in [1.807, 2.05) is 11.8 Å². The van der Waals surface area contributed by atoms with Crippen LogP contribution in [0.5, 0.6) is 0 Å². The maximum atomic E-state index is 13.0. The molecular weight excluding hydrogens is 382 g/mol. The summed E-state index contributed by atoms with van der Waals surface area (Å²) >= 11 is 1.81. The summed E-state index contributed by atoms with van der Waals surface area (Å²) < 4.78 is 4.79. The van der Waals surface area contributed by atoms with Crippen LogP contribution < -0.4 is 5.32 Å². The van der Waals surface area contributed by atoms with E-state index >= 15 is 0 Å². The Morgan fingerprint density at radius 3 is 2.64 bits per heavy atom. The molecule has 150 valence electrons. The van der Waals surface area contributed by atoms with Crippen LogP contribution in [0.4, 0.5) is 5.69 Å². The fourth-order valence-corrected chi connectivity index (χ4v) is 4.10. The molecule has 1 aromatic carbocycles. The van der Waals surface area contributed by atoms with Crippen molar-refractivity contribution < 1.29 is 24.2 Å². The first kappa shape index (κ1) is 20.2. The molecule has 0 aromatic heterocycles. The molecule has 2 aliphatic rings. The Morgan fingerprint density at radius 2 is 1.96 bits per heavy atom. The van der Waals surface area contributed by atoms with E-state index in [4.69, 9.17) is 9.84 Å². The minimum absolute atomic E-state index is 0.0495. The van der Waals surface area contributed by atoms with Crippen LogP contribution in [0.2, 0.25) is 0 Å². The van der Waals surface area contributed by atoms with Gasteiger partial charge in [-0.25, -0.2) is 4.79 Å². The molecule has 0 bridgehead atoms. The molecule has 2 N–H and O–H groups in total. The Kier molecular flexibility index (Phi) is 6.58. The SMILES string of the molecule is COC(=O)C1=C(Nc2ccccc2C(=O)N2CCSCC2)C(=O)N(CCO)C1. The number of hydrogen-bond acceptors (Lipinski definition) is 7. The summed E-state index contributed by atoms with van der Waals surface area (Å²) in [5.74, 6) is 0.654. The van der Waals surface area contributed by atoms with E-state index in [1.165, 1.54) is 12.0 Å². The van der Waals surface area contributed by atoms with Gasteiger partial charge in [0.1, 0.15) is 5.70 Å². The number of methoxy groups -OCH3 is 1. The molecule has 0 spiro atoms. The van der Waals surface area contributed by atoms with Crippen LogP contribution in [0.1, 0.15) is 10.4 Å². The maximum absolute atomic E-state index is 13.0. The van der Waals surface area contributed by atoms with Crippen molar-refractivity contribution in [1.29, 1.82) is 0 Å². The van der Waals surface area contributed by atoms with E-state index < -0.39 is 11.9 Å². The molecular formula is C19H23N3O5S. The lowest BCUT2D eigenvalue weighted by atomic mass is 10.1. The van der Waals surface area contributed by atoms with E-state index in [2.05, 4.69) is 5.32 Å². The number of rotatable bonds is 6. The average Bonchev–Trinajstić information content (AvgIpc) is 3.04. The van der Waals surface area contributed by atoms with Gasteiger partial charge in [-0.1, -0.05) is 12.1 Å². The van der Waals surface area contributed by atoms with Crippen molar-refractivity contribution in [2.75, 3.05) is 56.7 Å². The second-order valence-corrected chi connectivity index (χ2v) is 7.60. The van der Waals surface area contributed by atoms with Crippen LogP contribution in [-0.4, -0.2) is 84.1 Å². The van der Waals surface area contributed by atoms with Gasteiger partial charge in [0.15, 0.2) is 0 Å². The molecule has 1 saturated heterocycles. The van der Waals surface area contributed by atoms with Crippen molar-refractivity contribution in [2.45, 2.75) is 0 Å². The molecule has 1 aromatic rings. The van der Waals surface area contributed by atoms with Crippen LogP contribution in [0.3, 0.4) is 0 Å². The van der Waals surface area contributed by atoms with Crippen molar-refractivity contribution in [3.63, 3.8) is 0 Å². The molecule has 0 saturated carbocycles. The Labute approximate surface area is 167 Å². The van der Waals surface area contributed by atoms with Crippen molar-refractivity contribution in [1.82, 2.24) is 9.80 Å². The van der Waals surface area contributed by atoms with E-state index in [0.29, 0.717) is 24.3 Å². The third-order valence-electron chi connectivity index (χ3n) is 4.67. The molecule has 2 amide bonds. The third-order valence-corrected chi connectivity index (χ3v) is 5.61. The smallest absolute Gasteiger partial charge is 0.337 e. The molecule has 2 heterocycles. The number of nitrogens with zero attached hydrogens (tertiary/aromatic N) is 2. The van der Waals surface area contributed by atoms with E-state index in [-0.39, 0.29) is 36.9 Å². The monoisotopic (exact) mass is 405 g/mol. The highest BCUT2D eigenvalue weighted by Gasteiger charge is 2.35. The second-order valence-electron chi connectivity index (χ2n) is 6.37. The molecule has 1 fully saturated rings. The Balaban J connectivity index is 1.90. The van der Waals surface area contributed by atoms with Gasteiger partial charge in [0.05, 0.1) is 37.1 Å². The molecule has 0 radical (unpaired) electrons. The number of ether oxygens (including phenoxy) is 1. The Bertz CT molecular complexity index is 805. The summed E-state index contributed by atoms with van der Waals surface area (Å²) in [4.78, 5) is 40.9.